The minimum absolute atomic E-state index is 0.162. The van der Waals surface area contributed by atoms with Gasteiger partial charge in [0, 0.05) is 22.3 Å². The number of halogens is 3. The van der Waals surface area contributed by atoms with Gasteiger partial charge in [0.1, 0.15) is 5.75 Å². The average molecular weight is 349 g/mol. The molecule has 0 saturated carbocycles. The first-order valence-corrected chi connectivity index (χ1v) is 6.54. The molecule has 1 N–H and O–H groups in total. The van der Waals surface area contributed by atoms with Gasteiger partial charge in [0.05, 0.1) is 16.7 Å². The average Bonchev–Trinajstić information content (AvgIpc) is 2.36. The Labute approximate surface area is 122 Å². The van der Waals surface area contributed by atoms with Crippen LogP contribution in [0.15, 0.2) is 34.9 Å². The Morgan fingerprint density at radius 1 is 1.28 bits per heavy atom. The Morgan fingerprint density at radius 2 is 2.06 bits per heavy atom. The van der Waals surface area contributed by atoms with Crippen molar-refractivity contribution < 1.29 is 9.84 Å². The highest BCUT2D eigenvalue weighted by molar-refractivity contribution is 9.10. The standard InChI is InChI=1S/C12H8BrCl2NO2/c13-8-4-10(15)11(5-9(8)14)18-12-7(6-17)2-1-3-16-12/h1-5,17H,6H2. The molecule has 1 aromatic heterocycles. The second kappa shape index (κ2) is 5.89. The molecule has 2 rings (SSSR count). The van der Waals surface area contributed by atoms with Crippen LogP contribution in [0, 0.1) is 0 Å². The van der Waals surface area contributed by atoms with Crippen LogP contribution in [0.1, 0.15) is 5.56 Å². The summed E-state index contributed by atoms with van der Waals surface area (Å²) in [6, 6.07) is 6.66. The van der Waals surface area contributed by atoms with Gasteiger partial charge in [-0.25, -0.2) is 4.98 Å². The molecule has 0 fully saturated rings. The lowest BCUT2D eigenvalue weighted by Crippen LogP contribution is -1.94. The van der Waals surface area contributed by atoms with Crippen molar-refractivity contribution in [2.75, 3.05) is 0 Å². The highest BCUT2D eigenvalue weighted by Crippen LogP contribution is 2.36. The summed E-state index contributed by atoms with van der Waals surface area (Å²) < 4.78 is 6.24. The Balaban J connectivity index is 2.37. The molecule has 0 aliphatic rings. The summed E-state index contributed by atoms with van der Waals surface area (Å²) >= 11 is 15.3. The number of pyridine rings is 1. The van der Waals surface area contributed by atoms with Crippen LogP contribution in [0.5, 0.6) is 11.6 Å². The predicted molar refractivity (Wildman–Crippen MR) is 74.4 cm³/mol. The zero-order valence-electron chi connectivity index (χ0n) is 9.03. The van der Waals surface area contributed by atoms with Crippen molar-refractivity contribution in [3.63, 3.8) is 0 Å². The second-order valence-electron chi connectivity index (χ2n) is 3.42. The monoisotopic (exact) mass is 347 g/mol. The first-order valence-electron chi connectivity index (χ1n) is 4.99. The quantitative estimate of drug-likeness (QED) is 0.834. The van der Waals surface area contributed by atoms with Crippen molar-refractivity contribution in [1.29, 1.82) is 0 Å². The van der Waals surface area contributed by atoms with Gasteiger partial charge in [-0.1, -0.05) is 23.2 Å². The Bertz CT molecular complexity index is 578. The zero-order chi connectivity index (χ0) is 13.1. The summed E-state index contributed by atoms with van der Waals surface area (Å²) in [5, 5.41) is 10.1. The molecule has 0 bridgehead atoms. The first-order chi connectivity index (χ1) is 8.61. The maximum Gasteiger partial charge on any atom is 0.224 e. The van der Waals surface area contributed by atoms with Gasteiger partial charge in [-0.2, -0.15) is 0 Å². The number of aliphatic hydroxyl groups excluding tert-OH is 1. The van der Waals surface area contributed by atoms with Crippen molar-refractivity contribution in [3.8, 4) is 11.6 Å². The molecular formula is C12H8BrCl2NO2. The van der Waals surface area contributed by atoms with E-state index in [1.54, 1.807) is 30.5 Å². The molecule has 0 spiro atoms. The van der Waals surface area contributed by atoms with Gasteiger partial charge in [-0.05, 0) is 34.1 Å². The SMILES string of the molecule is OCc1cccnc1Oc1cc(Cl)c(Br)cc1Cl. The third-order valence-electron chi connectivity index (χ3n) is 2.20. The number of hydrogen-bond acceptors (Lipinski definition) is 3. The lowest BCUT2D eigenvalue weighted by molar-refractivity contribution is 0.275. The highest BCUT2D eigenvalue weighted by atomic mass is 79.9. The first kappa shape index (κ1) is 13.6. The molecule has 0 aliphatic heterocycles. The lowest BCUT2D eigenvalue weighted by atomic mass is 10.3. The second-order valence-corrected chi connectivity index (χ2v) is 5.09. The van der Waals surface area contributed by atoms with Gasteiger partial charge in [0.2, 0.25) is 5.88 Å². The number of ether oxygens (including phenoxy) is 1. The van der Waals surface area contributed by atoms with E-state index < -0.39 is 0 Å². The largest absolute Gasteiger partial charge is 0.437 e. The third-order valence-corrected chi connectivity index (χ3v) is 3.69. The lowest BCUT2D eigenvalue weighted by Gasteiger charge is -2.10. The Kier molecular flexibility index (Phi) is 4.45. The minimum atomic E-state index is -0.162. The van der Waals surface area contributed by atoms with Crippen LogP contribution in [-0.2, 0) is 6.61 Å². The normalized spacial score (nSPS) is 10.4. The van der Waals surface area contributed by atoms with Gasteiger partial charge in [-0.15, -0.1) is 0 Å². The summed E-state index contributed by atoms with van der Waals surface area (Å²) in [6.45, 7) is -0.162. The van der Waals surface area contributed by atoms with Gasteiger partial charge in [0.15, 0.2) is 0 Å². The van der Waals surface area contributed by atoms with E-state index in [9.17, 15) is 5.11 Å². The van der Waals surface area contributed by atoms with Crippen molar-refractivity contribution in [2.24, 2.45) is 0 Å². The van der Waals surface area contributed by atoms with Gasteiger partial charge in [0.25, 0.3) is 0 Å². The zero-order valence-corrected chi connectivity index (χ0v) is 12.1. The molecule has 6 heteroatoms. The number of rotatable bonds is 3. The van der Waals surface area contributed by atoms with Crippen LogP contribution < -0.4 is 4.74 Å². The maximum atomic E-state index is 9.18. The van der Waals surface area contributed by atoms with Crippen molar-refractivity contribution in [3.05, 3.63) is 50.5 Å². The molecule has 0 saturated heterocycles. The molecule has 18 heavy (non-hydrogen) atoms. The fourth-order valence-electron chi connectivity index (χ4n) is 1.32. The van der Waals surface area contributed by atoms with E-state index in [4.69, 9.17) is 27.9 Å². The summed E-state index contributed by atoms with van der Waals surface area (Å²) in [5.41, 5.74) is 0.576. The minimum Gasteiger partial charge on any atom is -0.437 e. The highest BCUT2D eigenvalue weighted by Gasteiger charge is 2.10. The smallest absolute Gasteiger partial charge is 0.224 e. The summed E-state index contributed by atoms with van der Waals surface area (Å²) in [4.78, 5) is 4.04. The fourth-order valence-corrected chi connectivity index (χ4v) is 2.15. The number of nitrogens with zero attached hydrogens (tertiary/aromatic N) is 1. The van der Waals surface area contributed by atoms with E-state index in [2.05, 4.69) is 20.9 Å². The molecule has 0 unspecified atom stereocenters. The molecule has 2 aromatic rings. The molecule has 94 valence electrons. The topological polar surface area (TPSA) is 42.4 Å². The molecule has 0 radical (unpaired) electrons. The maximum absolute atomic E-state index is 9.18. The van der Waals surface area contributed by atoms with Gasteiger partial charge in [-0.3, -0.25) is 0 Å². The Hall–Kier alpha value is -0.810. The summed E-state index contributed by atoms with van der Waals surface area (Å²) in [7, 11) is 0. The van der Waals surface area contributed by atoms with E-state index in [1.807, 2.05) is 0 Å². The molecule has 0 amide bonds. The van der Waals surface area contributed by atoms with Crippen LogP contribution in [0.2, 0.25) is 10.0 Å². The van der Waals surface area contributed by atoms with Crippen molar-refractivity contribution in [1.82, 2.24) is 4.98 Å². The summed E-state index contributed by atoms with van der Waals surface area (Å²) in [5.74, 6) is 0.693. The molecule has 0 atom stereocenters. The molecule has 3 nitrogen and oxygen atoms in total. The van der Waals surface area contributed by atoms with E-state index >= 15 is 0 Å². The third kappa shape index (κ3) is 2.95. The van der Waals surface area contributed by atoms with E-state index in [-0.39, 0.29) is 6.61 Å². The van der Waals surface area contributed by atoms with Crippen LogP contribution in [-0.4, -0.2) is 10.1 Å². The van der Waals surface area contributed by atoms with Crippen LogP contribution in [0.25, 0.3) is 0 Å². The Morgan fingerprint density at radius 3 is 2.78 bits per heavy atom. The van der Waals surface area contributed by atoms with Crippen LogP contribution in [0.3, 0.4) is 0 Å². The molecule has 0 aliphatic carbocycles. The molecule has 1 aromatic carbocycles. The van der Waals surface area contributed by atoms with Gasteiger partial charge < -0.3 is 9.84 Å². The number of aliphatic hydroxyl groups is 1. The molecule has 1 heterocycles. The van der Waals surface area contributed by atoms with Crippen LogP contribution in [0.4, 0.5) is 0 Å². The van der Waals surface area contributed by atoms with Crippen molar-refractivity contribution >= 4 is 39.1 Å². The van der Waals surface area contributed by atoms with Crippen molar-refractivity contribution in [2.45, 2.75) is 6.61 Å². The molecular weight excluding hydrogens is 341 g/mol. The van der Waals surface area contributed by atoms with E-state index in [0.29, 0.717) is 31.7 Å². The predicted octanol–water partition coefficient (Wildman–Crippen LogP) is 4.44. The van der Waals surface area contributed by atoms with E-state index in [1.165, 1.54) is 0 Å². The number of aromatic nitrogens is 1. The summed E-state index contributed by atoms with van der Waals surface area (Å²) in [6.07, 6.45) is 1.57. The number of hydrogen-bond donors (Lipinski definition) is 1. The van der Waals surface area contributed by atoms with Gasteiger partial charge >= 0.3 is 0 Å². The van der Waals surface area contributed by atoms with Crippen LogP contribution >= 0.6 is 39.1 Å². The number of benzene rings is 1. The van der Waals surface area contributed by atoms with E-state index in [0.717, 1.165) is 0 Å². The fraction of sp³-hybridized carbons (Fsp3) is 0.0833.